The summed E-state index contributed by atoms with van der Waals surface area (Å²) in [4.78, 5) is 0.460. The van der Waals surface area contributed by atoms with E-state index in [1.807, 2.05) is 19.1 Å². The molecule has 0 saturated carbocycles. The van der Waals surface area contributed by atoms with Crippen LogP contribution in [0.15, 0.2) is 29.2 Å². The maximum absolute atomic E-state index is 10.5. The van der Waals surface area contributed by atoms with Crippen molar-refractivity contribution in [3.63, 3.8) is 0 Å². The first-order valence-electron chi connectivity index (χ1n) is 3.44. The van der Waals surface area contributed by atoms with Gasteiger partial charge in [-0.2, -0.15) is 0 Å². The first kappa shape index (κ1) is 12.3. The summed E-state index contributed by atoms with van der Waals surface area (Å²) in [6.45, 7) is 2.05. The summed E-state index contributed by atoms with van der Waals surface area (Å²) in [5.74, 6) is 0. The van der Waals surface area contributed by atoms with Crippen molar-refractivity contribution in [1.82, 2.24) is 0 Å². The minimum atomic E-state index is -1.84. The number of hydrogen-bond acceptors (Lipinski definition) is 1. The molecule has 0 heterocycles. The molecule has 0 spiro atoms. The van der Waals surface area contributed by atoms with Crippen LogP contribution in [0.2, 0.25) is 0 Å². The second-order valence-electron chi connectivity index (χ2n) is 2.25. The Hall–Kier alpha value is 0.330. The quantitative estimate of drug-likeness (QED) is 0.481. The van der Waals surface area contributed by atoms with Crippen molar-refractivity contribution < 1.29 is 39.7 Å². The van der Waals surface area contributed by atoms with Gasteiger partial charge >= 0.3 is 29.6 Å². The topological polar surface area (TPSA) is 37.3 Å². The average Bonchev–Trinajstić information content (AvgIpc) is 2.05. The summed E-state index contributed by atoms with van der Waals surface area (Å²) in [6.07, 6.45) is 0.957. The van der Waals surface area contributed by atoms with Crippen LogP contribution in [-0.2, 0) is 17.5 Å². The molecule has 0 aliphatic carbocycles. The van der Waals surface area contributed by atoms with Crippen molar-refractivity contribution >= 4 is 11.1 Å². The molecule has 0 radical (unpaired) electrons. The van der Waals surface area contributed by atoms with Gasteiger partial charge in [0.25, 0.3) is 0 Å². The van der Waals surface area contributed by atoms with Gasteiger partial charge in [-0.3, -0.25) is 0 Å². The zero-order valence-corrected chi connectivity index (χ0v) is 10.1. The number of rotatable bonds is 2. The molecule has 0 aromatic heterocycles. The monoisotopic (exact) mass is 194 g/mol. The van der Waals surface area contributed by atoms with Crippen molar-refractivity contribution in [3.8, 4) is 0 Å². The van der Waals surface area contributed by atoms with Crippen molar-refractivity contribution in [2.24, 2.45) is 0 Å². The Morgan fingerprint density at radius 2 is 1.92 bits per heavy atom. The third-order valence-electron chi connectivity index (χ3n) is 1.53. The standard InChI is InChI=1S/C8H10O2S.Na.H/c1-2-7-3-5-8(6-4-7)11(9)10;;/h3-6H,2H2,1H3,(H,9,10);;/q;+1;-1. The van der Waals surface area contributed by atoms with E-state index in [2.05, 4.69) is 0 Å². The molecular weight excluding hydrogens is 183 g/mol. The fraction of sp³-hybridized carbons (Fsp3) is 0.250. The number of hydrogen-bond donors (Lipinski definition) is 1. The minimum absolute atomic E-state index is 0. The minimum Gasteiger partial charge on any atom is -1.00 e. The van der Waals surface area contributed by atoms with Crippen LogP contribution in [0.1, 0.15) is 13.9 Å². The SMILES string of the molecule is CCc1ccc(S(=O)O)cc1.[H-].[Na+]. The summed E-state index contributed by atoms with van der Waals surface area (Å²) in [7, 11) is 0. The molecular formula is C8H11NaO2S. The Labute approximate surface area is 98.4 Å². The van der Waals surface area contributed by atoms with E-state index in [1.165, 1.54) is 5.56 Å². The van der Waals surface area contributed by atoms with Gasteiger partial charge < -0.3 is 5.98 Å². The van der Waals surface area contributed by atoms with Crippen molar-refractivity contribution in [2.75, 3.05) is 0 Å². The van der Waals surface area contributed by atoms with Gasteiger partial charge in [-0.15, -0.1) is 0 Å². The second kappa shape index (κ2) is 5.89. The molecule has 62 valence electrons. The zero-order valence-electron chi connectivity index (χ0n) is 8.28. The van der Waals surface area contributed by atoms with Crippen LogP contribution in [0.25, 0.3) is 0 Å². The van der Waals surface area contributed by atoms with E-state index in [1.54, 1.807) is 12.1 Å². The van der Waals surface area contributed by atoms with Gasteiger partial charge in [-0.25, -0.2) is 4.21 Å². The molecule has 1 aromatic rings. The van der Waals surface area contributed by atoms with Gasteiger partial charge in [0.2, 0.25) is 0 Å². The van der Waals surface area contributed by atoms with Crippen LogP contribution in [0.3, 0.4) is 0 Å². The number of aryl methyl sites for hydroxylation is 1. The molecule has 1 unspecified atom stereocenters. The molecule has 0 aliphatic heterocycles. The molecule has 1 N–H and O–H groups in total. The zero-order chi connectivity index (χ0) is 8.27. The van der Waals surface area contributed by atoms with E-state index in [0.717, 1.165) is 6.42 Å². The van der Waals surface area contributed by atoms with Gasteiger partial charge in [0.05, 0.1) is 4.90 Å². The summed E-state index contributed by atoms with van der Waals surface area (Å²) < 4.78 is 19.2. The smallest absolute Gasteiger partial charge is 1.00 e. The molecule has 0 aliphatic rings. The molecule has 0 bridgehead atoms. The number of benzene rings is 1. The third kappa shape index (κ3) is 3.37. The molecule has 0 amide bonds. The van der Waals surface area contributed by atoms with Crippen molar-refractivity contribution in [2.45, 2.75) is 18.2 Å². The predicted octanol–water partition coefficient (Wildman–Crippen LogP) is -1.05. The van der Waals surface area contributed by atoms with Crippen LogP contribution < -0.4 is 29.6 Å². The molecule has 0 fully saturated rings. The van der Waals surface area contributed by atoms with E-state index in [9.17, 15) is 4.21 Å². The van der Waals surface area contributed by atoms with E-state index in [0.29, 0.717) is 4.90 Å². The van der Waals surface area contributed by atoms with E-state index < -0.39 is 11.1 Å². The van der Waals surface area contributed by atoms with Gasteiger partial charge in [0, 0.05) is 0 Å². The van der Waals surface area contributed by atoms with Gasteiger partial charge in [0.1, 0.15) is 0 Å². The molecule has 1 rings (SSSR count). The Morgan fingerprint density at radius 3 is 2.25 bits per heavy atom. The first-order valence-corrected chi connectivity index (χ1v) is 4.54. The molecule has 1 aromatic carbocycles. The van der Waals surface area contributed by atoms with Crippen molar-refractivity contribution in [1.29, 1.82) is 0 Å². The molecule has 2 nitrogen and oxygen atoms in total. The average molecular weight is 194 g/mol. The van der Waals surface area contributed by atoms with Crippen LogP contribution in [0.5, 0.6) is 0 Å². The fourth-order valence-electron chi connectivity index (χ4n) is 0.842. The summed E-state index contributed by atoms with van der Waals surface area (Å²) in [6, 6.07) is 7.08. The maximum atomic E-state index is 10.5. The fourth-order valence-corrected chi connectivity index (χ4v) is 1.21. The Balaban J connectivity index is 0. The van der Waals surface area contributed by atoms with Crippen LogP contribution >= 0.6 is 0 Å². The van der Waals surface area contributed by atoms with Gasteiger partial charge in [-0.1, -0.05) is 19.1 Å². The van der Waals surface area contributed by atoms with E-state index in [4.69, 9.17) is 4.55 Å². The van der Waals surface area contributed by atoms with Crippen molar-refractivity contribution in [3.05, 3.63) is 29.8 Å². The molecule has 4 heteroatoms. The second-order valence-corrected chi connectivity index (χ2v) is 3.22. The summed E-state index contributed by atoms with van der Waals surface area (Å²) >= 11 is -1.84. The van der Waals surface area contributed by atoms with E-state index in [-0.39, 0.29) is 31.0 Å². The van der Waals surface area contributed by atoms with Gasteiger partial charge in [0.15, 0.2) is 11.1 Å². The summed E-state index contributed by atoms with van der Waals surface area (Å²) in [5, 5.41) is 0. The molecule has 1 atom stereocenters. The Bertz CT molecular complexity index is 263. The summed E-state index contributed by atoms with van der Waals surface area (Å²) in [5.41, 5.74) is 1.18. The van der Waals surface area contributed by atoms with Gasteiger partial charge in [-0.05, 0) is 24.1 Å². The van der Waals surface area contributed by atoms with Crippen LogP contribution in [0.4, 0.5) is 0 Å². The molecule has 12 heavy (non-hydrogen) atoms. The van der Waals surface area contributed by atoms with Crippen LogP contribution in [0, 0.1) is 0 Å². The third-order valence-corrected chi connectivity index (χ3v) is 2.21. The Kier molecular flexibility index (Phi) is 6.05. The van der Waals surface area contributed by atoms with E-state index >= 15 is 0 Å². The van der Waals surface area contributed by atoms with Crippen LogP contribution in [-0.4, -0.2) is 8.76 Å². The Morgan fingerprint density at radius 1 is 1.42 bits per heavy atom. The maximum Gasteiger partial charge on any atom is 1.00 e. The first-order chi connectivity index (χ1) is 5.24. The normalized spacial score (nSPS) is 11.8. The predicted molar refractivity (Wildman–Crippen MR) is 46.0 cm³/mol. The molecule has 0 saturated heterocycles. The largest absolute Gasteiger partial charge is 1.00 e.